The summed E-state index contributed by atoms with van der Waals surface area (Å²) in [7, 11) is 0. The van der Waals surface area contributed by atoms with Gasteiger partial charge in [-0.05, 0) is 37.3 Å². The molecule has 0 unspecified atom stereocenters. The van der Waals surface area contributed by atoms with Crippen molar-refractivity contribution in [2.24, 2.45) is 0 Å². The highest BCUT2D eigenvalue weighted by Gasteiger charge is 2.12. The Kier molecular flexibility index (Phi) is 4.11. The lowest BCUT2D eigenvalue weighted by molar-refractivity contribution is 0.628. The van der Waals surface area contributed by atoms with E-state index in [4.69, 9.17) is 11.6 Å². The third kappa shape index (κ3) is 3.03. The first-order valence-electron chi connectivity index (χ1n) is 6.23. The van der Waals surface area contributed by atoms with Gasteiger partial charge in [-0.3, -0.25) is 0 Å². The fourth-order valence-corrected chi connectivity index (χ4v) is 3.40. The minimum Gasteiger partial charge on any atom is -0.236 e. The molecule has 0 fully saturated rings. The summed E-state index contributed by atoms with van der Waals surface area (Å²) in [6.45, 7) is 2.03. The predicted octanol–water partition coefficient (Wildman–Crippen LogP) is 6.34. The van der Waals surface area contributed by atoms with Crippen molar-refractivity contribution in [1.82, 2.24) is 4.98 Å². The standard InChI is InChI=1S/C16H10BrClFNS/c1-9-15(10-2-5-12(17)6-3-10)20-16(21-9)11-4-7-14(19)13(18)8-11/h2-8H,1H3. The van der Waals surface area contributed by atoms with Crippen molar-refractivity contribution in [3.05, 3.63) is 62.7 Å². The van der Waals surface area contributed by atoms with Crippen LogP contribution in [0.3, 0.4) is 0 Å². The van der Waals surface area contributed by atoms with Gasteiger partial charge in [0.15, 0.2) is 0 Å². The number of aromatic nitrogens is 1. The summed E-state index contributed by atoms with van der Waals surface area (Å²) in [5.74, 6) is -0.415. The monoisotopic (exact) mass is 381 g/mol. The van der Waals surface area contributed by atoms with Crippen molar-refractivity contribution < 1.29 is 4.39 Å². The lowest BCUT2D eigenvalue weighted by Gasteiger charge is -1.99. The number of hydrogen-bond donors (Lipinski definition) is 0. The predicted molar refractivity (Wildman–Crippen MR) is 90.4 cm³/mol. The second kappa shape index (κ2) is 5.87. The zero-order valence-electron chi connectivity index (χ0n) is 11.0. The number of nitrogens with zero attached hydrogens (tertiary/aromatic N) is 1. The third-order valence-corrected chi connectivity index (χ3v) is 4.92. The molecule has 0 saturated heterocycles. The normalized spacial score (nSPS) is 10.9. The largest absolute Gasteiger partial charge is 0.236 e. The molecule has 3 aromatic rings. The van der Waals surface area contributed by atoms with Crippen LogP contribution in [0.2, 0.25) is 5.02 Å². The van der Waals surface area contributed by atoms with Crippen LogP contribution >= 0.6 is 38.9 Å². The summed E-state index contributed by atoms with van der Waals surface area (Å²) in [6, 6.07) is 12.7. The third-order valence-electron chi connectivity index (χ3n) is 3.08. The summed E-state index contributed by atoms with van der Waals surface area (Å²) in [5.41, 5.74) is 2.84. The fraction of sp³-hybridized carbons (Fsp3) is 0.0625. The van der Waals surface area contributed by atoms with Crippen LogP contribution < -0.4 is 0 Å². The van der Waals surface area contributed by atoms with Gasteiger partial charge in [0, 0.05) is 20.5 Å². The van der Waals surface area contributed by atoms with E-state index in [2.05, 4.69) is 20.9 Å². The molecular weight excluding hydrogens is 373 g/mol. The van der Waals surface area contributed by atoms with Gasteiger partial charge in [-0.1, -0.05) is 39.7 Å². The Bertz CT molecular complexity index is 799. The van der Waals surface area contributed by atoms with E-state index < -0.39 is 5.82 Å². The van der Waals surface area contributed by atoms with E-state index >= 15 is 0 Å². The molecule has 0 aliphatic rings. The maximum Gasteiger partial charge on any atom is 0.141 e. The topological polar surface area (TPSA) is 12.9 Å². The molecule has 0 amide bonds. The molecule has 21 heavy (non-hydrogen) atoms. The Morgan fingerprint density at radius 3 is 2.43 bits per heavy atom. The van der Waals surface area contributed by atoms with Crippen LogP contribution in [0.1, 0.15) is 4.88 Å². The highest BCUT2D eigenvalue weighted by Crippen LogP contribution is 2.34. The van der Waals surface area contributed by atoms with Crippen LogP contribution in [-0.2, 0) is 0 Å². The fourth-order valence-electron chi connectivity index (χ4n) is 2.02. The molecule has 0 atom stereocenters. The van der Waals surface area contributed by atoms with Crippen LogP contribution in [0.15, 0.2) is 46.9 Å². The number of halogens is 3. The van der Waals surface area contributed by atoms with Gasteiger partial charge in [0.05, 0.1) is 10.7 Å². The van der Waals surface area contributed by atoms with Crippen LogP contribution in [0.25, 0.3) is 21.8 Å². The van der Waals surface area contributed by atoms with E-state index in [9.17, 15) is 4.39 Å². The van der Waals surface area contributed by atoms with E-state index in [0.717, 1.165) is 31.2 Å². The van der Waals surface area contributed by atoms with Gasteiger partial charge < -0.3 is 0 Å². The first-order valence-corrected chi connectivity index (χ1v) is 8.22. The average Bonchev–Trinajstić information content (AvgIpc) is 2.85. The van der Waals surface area contributed by atoms with Crippen molar-refractivity contribution in [3.8, 4) is 21.8 Å². The summed E-state index contributed by atoms with van der Waals surface area (Å²) < 4.78 is 14.3. The van der Waals surface area contributed by atoms with E-state index in [1.165, 1.54) is 6.07 Å². The van der Waals surface area contributed by atoms with Gasteiger partial charge in [0.25, 0.3) is 0 Å². The zero-order valence-corrected chi connectivity index (χ0v) is 14.2. The average molecular weight is 383 g/mol. The van der Waals surface area contributed by atoms with Gasteiger partial charge in [0.2, 0.25) is 0 Å². The van der Waals surface area contributed by atoms with E-state index in [1.54, 1.807) is 23.5 Å². The number of benzene rings is 2. The Balaban J connectivity index is 2.04. The molecule has 2 aromatic carbocycles. The number of hydrogen-bond acceptors (Lipinski definition) is 2. The summed E-state index contributed by atoms with van der Waals surface area (Å²) in [4.78, 5) is 5.79. The Morgan fingerprint density at radius 2 is 1.76 bits per heavy atom. The van der Waals surface area contributed by atoms with Gasteiger partial charge in [-0.2, -0.15) is 0 Å². The molecule has 0 spiro atoms. The van der Waals surface area contributed by atoms with E-state index in [1.807, 2.05) is 31.2 Å². The van der Waals surface area contributed by atoms with Crippen molar-refractivity contribution in [2.75, 3.05) is 0 Å². The maximum absolute atomic E-state index is 13.2. The van der Waals surface area contributed by atoms with E-state index in [0.29, 0.717) is 0 Å². The first kappa shape index (κ1) is 14.7. The molecule has 0 radical (unpaired) electrons. The van der Waals surface area contributed by atoms with Gasteiger partial charge >= 0.3 is 0 Å². The van der Waals surface area contributed by atoms with Crippen molar-refractivity contribution in [1.29, 1.82) is 0 Å². The molecule has 0 aliphatic heterocycles. The lowest BCUT2D eigenvalue weighted by atomic mass is 10.1. The van der Waals surface area contributed by atoms with Gasteiger partial charge in [-0.25, -0.2) is 9.37 Å². The number of aryl methyl sites for hydroxylation is 1. The summed E-state index contributed by atoms with van der Waals surface area (Å²) in [5, 5.41) is 0.956. The Morgan fingerprint density at radius 1 is 1.10 bits per heavy atom. The molecule has 3 rings (SSSR count). The molecule has 1 nitrogen and oxygen atoms in total. The SMILES string of the molecule is Cc1sc(-c2ccc(F)c(Cl)c2)nc1-c1ccc(Br)cc1. The van der Waals surface area contributed by atoms with Crippen molar-refractivity contribution in [2.45, 2.75) is 6.92 Å². The number of thiazole rings is 1. The highest BCUT2D eigenvalue weighted by atomic mass is 79.9. The smallest absolute Gasteiger partial charge is 0.141 e. The minimum absolute atomic E-state index is 0.116. The molecule has 0 saturated carbocycles. The van der Waals surface area contributed by atoms with Crippen LogP contribution in [0.5, 0.6) is 0 Å². The quantitative estimate of drug-likeness (QED) is 0.504. The van der Waals surface area contributed by atoms with Crippen LogP contribution in [-0.4, -0.2) is 4.98 Å². The Labute approximate surface area is 139 Å². The Hall–Kier alpha value is -1.23. The molecule has 5 heteroatoms. The molecule has 0 bridgehead atoms. The minimum atomic E-state index is -0.415. The number of rotatable bonds is 2. The maximum atomic E-state index is 13.2. The van der Waals surface area contributed by atoms with Crippen LogP contribution in [0.4, 0.5) is 4.39 Å². The van der Waals surface area contributed by atoms with E-state index in [-0.39, 0.29) is 5.02 Å². The molecule has 1 heterocycles. The van der Waals surface area contributed by atoms with Crippen molar-refractivity contribution >= 4 is 38.9 Å². The molecule has 0 aliphatic carbocycles. The molecule has 1 aromatic heterocycles. The zero-order chi connectivity index (χ0) is 15.0. The molecular formula is C16H10BrClFNS. The van der Waals surface area contributed by atoms with Gasteiger partial charge in [-0.15, -0.1) is 11.3 Å². The highest BCUT2D eigenvalue weighted by molar-refractivity contribution is 9.10. The first-order chi connectivity index (χ1) is 10.0. The lowest BCUT2D eigenvalue weighted by Crippen LogP contribution is -1.82. The van der Waals surface area contributed by atoms with Gasteiger partial charge in [0.1, 0.15) is 10.8 Å². The molecule has 106 valence electrons. The second-order valence-corrected chi connectivity index (χ2v) is 7.09. The summed E-state index contributed by atoms with van der Waals surface area (Å²) in [6.07, 6.45) is 0. The van der Waals surface area contributed by atoms with Crippen LogP contribution in [0, 0.1) is 12.7 Å². The molecule has 0 N–H and O–H groups in total. The summed E-state index contributed by atoms with van der Waals surface area (Å²) >= 11 is 10.8. The van der Waals surface area contributed by atoms with Crippen molar-refractivity contribution in [3.63, 3.8) is 0 Å². The second-order valence-electron chi connectivity index (χ2n) is 4.56.